The number of benzene rings is 1. The van der Waals surface area contributed by atoms with Gasteiger partial charge in [0.15, 0.2) is 0 Å². The van der Waals surface area contributed by atoms with E-state index in [9.17, 15) is 8.78 Å². The molecule has 0 saturated heterocycles. The fourth-order valence-electron chi connectivity index (χ4n) is 2.99. The molecule has 1 aliphatic carbocycles. The highest BCUT2D eigenvalue weighted by Gasteiger charge is 2.22. The number of nitrogens with one attached hydrogen (secondary N) is 1. The Morgan fingerprint density at radius 2 is 2.00 bits per heavy atom. The second-order valence-corrected chi connectivity index (χ2v) is 5.82. The summed E-state index contributed by atoms with van der Waals surface area (Å²) < 4.78 is 26.5. The number of hydrogen-bond acceptors (Lipinski definition) is 1. The summed E-state index contributed by atoms with van der Waals surface area (Å²) in [6.45, 7) is 5.15. The van der Waals surface area contributed by atoms with E-state index in [1.807, 2.05) is 6.92 Å². The first-order chi connectivity index (χ1) is 9.08. The minimum absolute atomic E-state index is 0.0743. The van der Waals surface area contributed by atoms with Gasteiger partial charge in [-0.1, -0.05) is 32.3 Å². The van der Waals surface area contributed by atoms with E-state index < -0.39 is 11.6 Å². The molecule has 3 unspecified atom stereocenters. The van der Waals surface area contributed by atoms with E-state index in [4.69, 9.17) is 0 Å². The summed E-state index contributed by atoms with van der Waals surface area (Å²) in [4.78, 5) is 0. The number of halogens is 2. The monoisotopic (exact) mass is 267 g/mol. The minimum Gasteiger partial charge on any atom is -0.310 e. The smallest absolute Gasteiger partial charge is 0.130 e. The van der Waals surface area contributed by atoms with Crippen molar-refractivity contribution < 1.29 is 8.78 Å². The maximum absolute atomic E-state index is 13.7. The van der Waals surface area contributed by atoms with Crippen LogP contribution >= 0.6 is 0 Å². The van der Waals surface area contributed by atoms with Gasteiger partial charge in [-0.2, -0.15) is 0 Å². The van der Waals surface area contributed by atoms with Gasteiger partial charge in [0.25, 0.3) is 0 Å². The zero-order valence-electron chi connectivity index (χ0n) is 11.8. The van der Waals surface area contributed by atoms with Crippen LogP contribution in [0.5, 0.6) is 0 Å². The van der Waals surface area contributed by atoms with Crippen molar-refractivity contribution in [1.82, 2.24) is 5.32 Å². The molecule has 0 radical (unpaired) electrons. The number of rotatable bonds is 4. The summed E-state index contributed by atoms with van der Waals surface area (Å²) in [6.07, 6.45) is 5.19. The molecule has 0 bridgehead atoms. The maximum atomic E-state index is 13.7. The zero-order valence-corrected chi connectivity index (χ0v) is 11.8. The molecule has 1 fully saturated rings. The lowest BCUT2D eigenvalue weighted by molar-refractivity contribution is 0.242. The second-order valence-electron chi connectivity index (χ2n) is 5.82. The van der Waals surface area contributed by atoms with E-state index in [1.165, 1.54) is 37.8 Å². The average molecular weight is 267 g/mol. The molecule has 1 nitrogen and oxygen atoms in total. The number of hydrogen-bond donors (Lipinski definition) is 1. The molecule has 1 saturated carbocycles. The van der Waals surface area contributed by atoms with Gasteiger partial charge in [0.05, 0.1) is 0 Å². The van der Waals surface area contributed by atoms with Gasteiger partial charge in [-0.15, -0.1) is 0 Å². The van der Waals surface area contributed by atoms with Crippen LogP contribution in [0.4, 0.5) is 8.78 Å². The van der Waals surface area contributed by atoms with Crippen LogP contribution in [-0.2, 0) is 0 Å². The van der Waals surface area contributed by atoms with E-state index in [2.05, 4.69) is 12.2 Å². The Morgan fingerprint density at radius 3 is 2.68 bits per heavy atom. The molecule has 1 aliphatic rings. The third-order valence-electron chi connectivity index (χ3n) is 4.40. The van der Waals surface area contributed by atoms with Crippen molar-refractivity contribution in [1.29, 1.82) is 0 Å². The molecule has 1 N–H and O–H groups in total. The Hall–Kier alpha value is -0.960. The summed E-state index contributed by atoms with van der Waals surface area (Å²) in [6, 6.07) is 3.73. The van der Waals surface area contributed by atoms with Crippen molar-refractivity contribution in [3.05, 3.63) is 35.4 Å². The van der Waals surface area contributed by atoms with Crippen LogP contribution in [0.1, 0.15) is 51.1 Å². The van der Waals surface area contributed by atoms with Crippen molar-refractivity contribution in [2.24, 2.45) is 11.8 Å². The molecule has 2 rings (SSSR count). The SMILES string of the molecule is CC(NCC1CCCCC1C)c1ccc(F)cc1F. The minimum atomic E-state index is -0.519. The van der Waals surface area contributed by atoms with Crippen LogP contribution in [0.25, 0.3) is 0 Å². The Kier molecular flexibility index (Phi) is 4.92. The van der Waals surface area contributed by atoms with Gasteiger partial charge in [-0.05, 0) is 37.8 Å². The molecular weight excluding hydrogens is 244 g/mol. The third-order valence-corrected chi connectivity index (χ3v) is 4.40. The van der Waals surface area contributed by atoms with E-state index in [0.29, 0.717) is 11.5 Å². The highest BCUT2D eigenvalue weighted by Crippen LogP contribution is 2.29. The van der Waals surface area contributed by atoms with Crippen molar-refractivity contribution >= 4 is 0 Å². The molecule has 1 aromatic rings. The van der Waals surface area contributed by atoms with Gasteiger partial charge >= 0.3 is 0 Å². The first-order valence-corrected chi connectivity index (χ1v) is 7.26. The largest absolute Gasteiger partial charge is 0.310 e. The molecule has 0 spiro atoms. The van der Waals surface area contributed by atoms with Crippen molar-refractivity contribution in [3.63, 3.8) is 0 Å². The van der Waals surface area contributed by atoms with Crippen LogP contribution in [0.2, 0.25) is 0 Å². The highest BCUT2D eigenvalue weighted by molar-refractivity contribution is 5.21. The van der Waals surface area contributed by atoms with Crippen molar-refractivity contribution in [3.8, 4) is 0 Å². The molecule has 19 heavy (non-hydrogen) atoms. The van der Waals surface area contributed by atoms with E-state index in [1.54, 1.807) is 0 Å². The predicted molar refractivity (Wildman–Crippen MR) is 73.9 cm³/mol. The lowest BCUT2D eigenvalue weighted by Gasteiger charge is -2.30. The molecule has 0 heterocycles. The molecule has 0 aliphatic heterocycles. The van der Waals surface area contributed by atoms with E-state index in [-0.39, 0.29) is 6.04 Å². The first kappa shape index (κ1) is 14.4. The summed E-state index contributed by atoms with van der Waals surface area (Å²) in [7, 11) is 0. The van der Waals surface area contributed by atoms with Crippen LogP contribution in [0.15, 0.2) is 18.2 Å². The van der Waals surface area contributed by atoms with E-state index >= 15 is 0 Å². The van der Waals surface area contributed by atoms with Crippen LogP contribution in [0, 0.1) is 23.5 Å². The van der Waals surface area contributed by atoms with Gasteiger partial charge < -0.3 is 5.32 Å². The Morgan fingerprint density at radius 1 is 1.26 bits per heavy atom. The summed E-state index contributed by atoms with van der Waals surface area (Å²) in [5.41, 5.74) is 0.546. The van der Waals surface area contributed by atoms with Gasteiger partial charge in [0, 0.05) is 17.7 Å². The lowest BCUT2D eigenvalue weighted by atomic mass is 9.80. The fraction of sp³-hybridized carbons (Fsp3) is 0.625. The molecule has 3 atom stereocenters. The Labute approximate surface area is 114 Å². The molecule has 0 amide bonds. The molecule has 3 heteroatoms. The van der Waals surface area contributed by atoms with Crippen LogP contribution in [0.3, 0.4) is 0 Å². The van der Waals surface area contributed by atoms with Crippen molar-refractivity contribution in [2.45, 2.75) is 45.6 Å². The maximum Gasteiger partial charge on any atom is 0.130 e. The third kappa shape index (κ3) is 3.75. The average Bonchev–Trinajstić information content (AvgIpc) is 2.37. The summed E-state index contributed by atoms with van der Waals surface area (Å²) >= 11 is 0. The zero-order chi connectivity index (χ0) is 13.8. The normalized spacial score (nSPS) is 25.3. The van der Waals surface area contributed by atoms with Crippen LogP contribution in [-0.4, -0.2) is 6.54 Å². The topological polar surface area (TPSA) is 12.0 Å². The lowest BCUT2D eigenvalue weighted by Crippen LogP contribution is -2.31. The Balaban J connectivity index is 1.91. The fourth-order valence-corrected chi connectivity index (χ4v) is 2.99. The first-order valence-electron chi connectivity index (χ1n) is 7.26. The van der Waals surface area contributed by atoms with Gasteiger partial charge in [0.2, 0.25) is 0 Å². The van der Waals surface area contributed by atoms with E-state index in [0.717, 1.165) is 18.5 Å². The molecule has 106 valence electrons. The molecular formula is C16H23F2N. The van der Waals surface area contributed by atoms with Gasteiger partial charge in [-0.3, -0.25) is 0 Å². The standard InChI is InChI=1S/C16H23F2N/c1-11-5-3-4-6-13(11)10-19-12(2)15-8-7-14(17)9-16(15)18/h7-9,11-13,19H,3-6,10H2,1-2H3. The predicted octanol–water partition coefficient (Wildman–Crippen LogP) is 4.44. The van der Waals surface area contributed by atoms with Gasteiger partial charge in [-0.25, -0.2) is 8.78 Å². The Bertz CT molecular complexity index is 419. The van der Waals surface area contributed by atoms with Crippen molar-refractivity contribution in [2.75, 3.05) is 6.54 Å². The quantitative estimate of drug-likeness (QED) is 0.850. The summed E-state index contributed by atoms with van der Waals surface area (Å²) in [5, 5.41) is 3.40. The summed E-state index contributed by atoms with van der Waals surface area (Å²) in [5.74, 6) is 0.442. The van der Waals surface area contributed by atoms with Crippen LogP contribution < -0.4 is 5.32 Å². The molecule has 1 aromatic carbocycles. The van der Waals surface area contributed by atoms with Gasteiger partial charge in [0.1, 0.15) is 11.6 Å². The second kappa shape index (κ2) is 6.47. The molecule has 0 aromatic heterocycles. The highest BCUT2D eigenvalue weighted by atomic mass is 19.1.